The monoisotopic (exact) mass is 451 g/mol. The van der Waals surface area contributed by atoms with Gasteiger partial charge in [0.2, 0.25) is 0 Å². The largest absolute Gasteiger partial charge is 0.497 e. The van der Waals surface area contributed by atoms with Gasteiger partial charge in [0.15, 0.2) is 0 Å². The van der Waals surface area contributed by atoms with Gasteiger partial charge in [-0.25, -0.2) is 5.43 Å². The third kappa shape index (κ3) is 6.11. The van der Waals surface area contributed by atoms with Gasteiger partial charge in [0.05, 0.1) is 31.0 Å². The molecule has 0 aromatic heterocycles. The maximum absolute atomic E-state index is 12.6. The minimum absolute atomic E-state index is 0.189. The fourth-order valence-corrected chi connectivity index (χ4v) is 3.08. The zero-order valence-corrected chi connectivity index (χ0v) is 18.5. The summed E-state index contributed by atoms with van der Waals surface area (Å²) in [6.07, 6.45) is 1.45. The molecule has 0 saturated carbocycles. The molecule has 2 rings (SSSR count). The van der Waals surface area contributed by atoms with E-state index < -0.39 is 17.9 Å². The first-order valence-electron chi connectivity index (χ1n) is 9.07. The smallest absolute Gasteiger partial charge is 0.262 e. The van der Waals surface area contributed by atoms with Gasteiger partial charge in [-0.15, -0.1) is 0 Å². The fourth-order valence-electron chi connectivity index (χ4n) is 2.59. The summed E-state index contributed by atoms with van der Waals surface area (Å²) in [7, 11) is 3.08. The summed E-state index contributed by atoms with van der Waals surface area (Å²) in [5, 5.41) is 7.28. The Kier molecular flexibility index (Phi) is 8.50. The number of nitrogens with one attached hydrogen (secondary N) is 2. The van der Waals surface area contributed by atoms with Crippen molar-refractivity contribution in [2.45, 2.75) is 19.9 Å². The van der Waals surface area contributed by atoms with Crippen molar-refractivity contribution in [1.82, 2.24) is 10.7 Å². The van der Waals surface area contributed by atoms with Gasteiger partial charge in [-0.3, -0.25) is 9.59 Å². The average molecular weight is 452 g/mol. The van der Waals surface area contributed by atoms with Gasteiger partial charge in [-0.1, -0.05) is 37.0 Å². The Labute approximate surface area is 185 Å². The highest BCUT2D eigenvalue weighted by Gasteiger charge is 2.25. The Hall–Kier alpha value is -2.77. The van der Waals surface area contributed by atoms with E-state index in [2.05, 4.69) is 15.8 Å². The van der Waals surface area contributed by atoms with Crippen molar-refractivity contribution in [3.8, 4) is 11.5 Å². The molecule has 7 nitrogen and oxygen atoms in total. The maximum atomic E-state index is 12.6. The molecule has 0 aliphatic carbocycles. The topological polar surface area (TPSA) is 89.0 Å². The Bertz CT molecular complexity index is 948. The van der Waals surface area contributed by atoms with Crippen LogP contribution in [-0.4, -0.2) is 38.3 Å². The van der Waals surface area contributed by atoms with Gasteiger partial charge in [-0.2, -0.15) is 5.10 Å². The van der Waals surface area contributed by atoms with Crippen molar-refractivity contribution < 1.29 is 19.1 Å². The molecule has 9 heteroatoms. The van der Waals surface area contributed by atoms with Gasteiger partial charge in [-0.05, 0) is 36.2 Å². The van der Waals surface area contributed by atoms with Gasteiger partial charge < -0.3 is 14.8 Å². The first-order valence-corrected chi connectivity index (χ1v) is 9.83. The van der Waals surface area contributed by atoms with Crippen LogP contribution in [0.3, 0.4) is 0 Å². The van der Waals surface area contributed by atoms with E-state index >= 15 is 0 Å². The molecule has 1 atom stereocenters. The van der Waals surface area contributed by atoms with Crippen LogP contribution in [0.2, 0.25) is 10.0 Å². The van der Waals surface area contributed by atoms with Crippen LogP contribution in [0.15, 0.2) is 41.5 Å². The molecule has 160 valence electrons. The van der Waals surface area contributed by atoms with Crippen LogP contribution in [0, 0.1) is 5.92 Å². The number of carbonyl (C=O) groups excluding carboxylic acids is 2. The number of halogens is 2. The van der Waals surface area contributed by atoms with E-state index in [0.29, 0.717) is 22.1 Å². The van der Waals surface area contributed by atoms with E-state index in [0.717, 1.165) is 0 Å². The molecule has 0 spiro atoms. The summed E-state index contributed by atoms with van der Waals surface area (Å²) in [6, 6.07) is 8.91. The molecule has 0 radical (unpaired) electrons. The van der Waals surface area contributed by atoms with Crippen molar-refractivity contribution in [2.75, 3.05) is 14.2 Å². The molecule has 2 N–H and O–H groups in total. The normalized spacial score (nSPS) is 12.0. The summed E-state index contributed by atoms with van der Waals surface area (Å²) in [4.78, 5) is 25.1. The number of carbonyl (C=O) groups is 2. The lowest BCUT2D eigenvalue weighted by molar-refractivity contribution is -0.123. The number of nitrogens with zero attached hydrogens (tertiary/aromatic N) is 1. The molecule has 2 aromatic rings. The highest BCUT2D eigenvalue weighted by molar-refractivity contribution is 6.36. The van der Waals surface area contributed by atoms with Crippen LogP contribution in [0.25, 0.3) is 0 Å². The van der Waals surface area contributed by atoms with Crippen LogP contribution in [0.4, 0.5) is 0 Å². The van der Waals surface area contributed by atoms with Crippen LogP contribution >= 0.6 is 23.2 Å². The third-order valence-corrected chi connectivity index (χ3v) is 4.78. The molecule has 0 bridgehead atoms. The number of benzene rings is 2. The van der Waals surface area contributed by atoms with E-state index in [9.17, 15) is 9.59 Å². The van der Waals surface area contributed by atoms with Crippen molar-refractivity contribution in [1.29, 1.82) is 0 Å². The number of hydrazone groups is 1. The Morgan fingerprint density at radius 3 is 2.40 bits per heavy atom. The number of amides is 2. The molecule has 0 fully saturated rings. The first-order chi connectivity index (χ1) is 14.3. The lowest BCUT2D eigenvalue weighted by Crippen LogP contribution is -2.48. The van der Waals surface area contributed by atoms with Gasteiger partial charge in [0.1, 0.15) is 17.5 Å². The van der Waals surface area contributed by atoms with Crippen molar-refractivity contribution in [3.05, 3.63) is 57.6 Å². The van der Waals surface area contributed by atoms with Crippen molar-refractivity contribution in [2.24, 2.45) is 11.0 Å². The number of methoxy groups -OCH3 is 2. The summed E-state index contributed by atoms with van der Waals surface area (Å²) in [5.41, 5.74) is 3.33. The predicted molar refractivity (Wildman–Crippen MR) is 118 cm³/mol. The highest BCUT2D eigenvalue weighted by atomic mass is 35.5. The van der Waals surface area contributed by atoms with Crippen LogP contribution in [-0.2, 0) is 4.79 Å². The van der Waals surface area contributed by atoms with E-state index in [1.807, 2.05) is 13.8 Å². The van der Waals surface area contributed by atoms with Crippen LogP contribution in [0.1, 0.15) is 29.8 Å². The molecule has 0 aliphatic rings. The lowest BCUT2D eigenvalue weighted by atomic mass is 10.0. The summed E-state index contributed by atoms with van der Waals surface area (Å²) >= 11 is 11.9. The summed E-state index contributed by atoms with van der Waals surface area (Å²) < 4.78 is 10.4. The van der Waals surface area contributed by atoms with Gasteiger partial charge in [0.25, 0.3) is 11.8 Å². The Morgan fingerprint density at radius 2 is 1.80 bits per heavy atom. The van der Waals surface area contributed by atoms with Gasteiger partial charge in [0, 0.05) is 16.7 Å². The second kappa shape index (κ2) is 10.8. The third-order valence-electron chi connectivity index (χ3n) is 4.23. The second-order valence-electron chi connectivity index (χ2n) is 6.66. The Morgan fingerprint density at radius 1 is 1.07 bits per heavy atom. The van der Waals surface area contributed by atoms with Crippen LogP contribution < -0.4 is 20.2 Å². The molecule has 0 saturated heterocycles. The van der Waals surface area contributed by atoms with E-state index in [1.54, 1.807) is 31.4 Å². The van der Waals surface area contributed by atoms with Crippen LogP contribution in [0.5, 0.6) is 11.5 Å². The van der Waals surface area contributed by atoms with E-state index in [1.165, 1.54) is 25.5 Å². The first kappa shape index (κ1) is 23.5. The number of rotatable bonds is 8. The molecule has 1 unspecified atom stereocenters. The Balaban J connectivity index is 2.09. The molecular formula is C21H23Cl2N3O4. The summed E-state index contributed by atoms with van der Waals surface area (Å²) in [6.45, 7) is 3.62. The van der Waals surface area contributed by atoms with Crippen molar-refractivity contribution >= 4 is 41.2 Å². The molecule has 30 heavy (non-hydrogen) atoms. The maximum Gasteiger partial charge on any atom is 0.262 e. The highest BCUT2D eigenvalue weighted by Crippen LogP contribution is 2.23. The summed E-state index contributed by atoms with van der Waals surface area (Å²) in [5.74, 6) is 0.0409. The average Bonchev–Trinajstić information content (AvgIpc) is 2.71. The predicted octanol–water partition coefficient (Wildman–Crippen LogP) is 3.92. The number of hydrogen-bond donors (Lipinski definition) is 2. The quantitative estimate of drug-likeness (QED) is 0.470. The minimum atomic E-state index is -0.820. The zero-order valence-electron chi connectivity index (χ0n) is 17.0. The number of ether oxygens (including phenoxy) is 2. The molecule has 0 aliphatic heterocycles. The SMILES string of the molecule is COc1ccc(C=NNC(=O)C(NC(=O)c2ccc(Cl)cc2Cl)C(C)C)c(OC)c1. The standard InChI is InChI=1S/C21H23Cl2N3O4/c1-12(2)19(25-20(27)16-8-6-14(22)9-17(16)23)21(28)26-24-11-13-5-7-15(29-3)10-18(13)30-4/h5-12,19H,1-4H3,(H,25,27)(H,26,28). The molecular weight excluding hydrogens is 429 g/mol. The molecule has 2 aromatic carbocycles. The minimum Gasteiger partial charge on any atom is -0.497 e. The molecule has 2 amide bonds. The zero-order chi connectivity index (χ0) is 22.3. The lowest BCUT2D eigenvalue weighted by Gasteiger charge is -2.20. The van der Waals surface area contributed by atoms with E-state index in [4.69, 9.17) is 32.7 Å². The van der Waals surface area contributed by atoms with Gasteiger partial charge >= 0.3 is 0 Å². The number of hydrogen-bond acceptors (Lipinski definition) is 5. The van der Waals surface area contributed by atoms with E-state index in [-0.39, 0.29) is 16.5 Å². The fraction of sp³-hybridized carbons (Fsp3) is 0.286. The van der Waals surface area contributed by atoms with Crippen molar-refractivity contribution in [3.63, 3.8) is 0 Å². The second-order valence-corrected chi connectivity index (χ2v) is 7.51. The molecule has 0 heterocycles.